The van der Waals surface area contributed by atoms with Gasteiger partial charge in [0.25, 0.3) is 0 Å². The molecule has 0 amide bonds. The van der Waals surface area contributed by atoms with E-state index in [1.807, 2.05) is 13.8 Å². The summed E-state index contributed by atoms with van der Waals surface area (Å²) < 4.78 is 30.9. The molecule has 0 bridgehead atoms. The number of hydrogen-bond donors (Lipinski definition) is 0. The lowest BCUT2D eigenvalue weighted by atomic mass is 9.90. The molecule has 0 fully saturated rings. The number of nitrogens with zero attached hydrogens (tertiary/aromatic N) is 1. The van der Waals surface area contributed by atoms with E-state index in [4.69, 9.17) is 10.00 Å². The van der Waals surface area contributed by atoms with Crippen LogP contribution in [0, 0.1) is 28.4 Å². The third-order valence-electron chi connectivity index (χ3n) is 2.35. The van der Waals surface area contributed by atoms with Crippen molar-refractivity contribution in [1.82, 2.24) is 0 Å². The van der Waals surface area contributed by atoms with Crippen molar-refractivity contribution in [2.75, 3.05) is 6.61 Å². The summed E-state index contributed by atoms with van der Waals surface area (Å²) in [6.07, 6.45) is 1.35. The number of halogens is 2. The first-order valence-corrected chi connectivity index (χ1v) is 5.43. The van der Waals surface area contributed by atoms with Crippen molar-refractivity contribution in [3.05, 3.63) is 29.8 Å². The monoisotopic (exact) mass is 239 g/mol. The highest BCUT2D eigenvalue weighted by Gasteiger charge is 2.15. The van der Waals surface area contributed by atoms with Crippen LogP contribution in [0.3, 0.4) is 0 Å². The molecule has 0 heterocycles. The van der Waals surface area contributed by atoms with Crippen molar-refractivity contribution in [1.29, 1.82) is 5.26 Å². The Balaban J connectivity index is 2.39. The summed E-state index contributed by atoms with van der Waals surface area (Å²) in [6, 6.07) is 5.25. The molecule has 0 aliphatic rings. The summed E-state index contributed by atoms with van der Waals surface area (Å²) in [6.45, 7) is 4.03. The predicted molar refractivity (Wildman–Crippen MR) is 60.5 cm³/mol. The third-order valence-corrected chi connectivity index (χ3v) is 2.35. The quantitative estimate of drug-likeness (QED) is 0.734. The number of rotatable bonds is 5. The van der Waals surface area contributed by atoms with Crippen molar-refractivity contribution < 1.29 is 13.5 Å². The zero-order chi connectivity index (χ0) is 12.9. The van der Waals surface area contributed by atoms with Crippen molar-refractivity contribution >= 4 is 0 Å². The maximum Gasteiger partial charge on any atom is 0.129 e. The molecule has 0 spiro atoms. The van der Waals surface area contributed by atoms with Gasteiger partial charge in [0.05, 0.1) is 18.1 Å². The van der Waals surface area contributed by atoms with Gasteiger partial charge in [-0.25, -0.2) is 8.78 Å². The van der Waals surface area contributed by atoms with Gasteiger partial charge < -0.3 is 4.74 Å². The SMILES string of the molecule is CC(C)(C#N)CCCOc1cc(F)cc(F)c1. The van der Waals surface area contributed by atoms with E-state index < -0.39 is 17.0 Å². The molecule has 1 rings (SSSR count). The zero-order valence-electron chi connectivity index (χ0n) is 9.96. The summed E-state index contributed by atoms with van der Waals surface area (Å²) in [4.78, 5) is 0. The van der Waals surface area contributed by atoms with Gasteiger partial charge in [-0.05, 0) is 26.7 Å². The van der Waals surface area contributed by atoms with Crippen LogP contribution < -0.4 is 4.74 Å². The molecule has 0 unspecified atom stereocenters. The van der Waals surface area contributed by atoms with Crippen LogP contribution in [0.15, 0.2) is 18.2 Å². The minimum atomic E-state index is -0.655. The van der Waals surface area contributed by atoms with E-state index in [0.717, 1.165) is 18.2 Å². The molecule has 0 aliphatic heterocycles. The smallest absolute Gasteiger partial charge is 0.129 e. The lowest BCUT2D eigenvalue weighted by Crippen LogP contribution is -2.10. The minimum absolute atomic E-state index is 0.178. The molecule has 0 saturated heterocycles. The maximum atomic E-state index is 12.8. The third kappa shape index (κ3) is 4.81. The average molecular weight is 239 g/mol. The molecule has 92 valence electrons. The predicted octanol–water partition coefficient (Wildman–Crippen LogP) is 3.67. The Bertz CT molecular complexity index is 404. The fourth-order valence-electron chi connectivity index (χ4n) is 1.37. The summed E-state index contributed by atoms with van der Waals surface area (Å²) in [5, 5.41) is 8.79. The summed E-state index contributed by atoms with van der Waals surface area (Å²) >= 11 is 0. The van der Waals surface area contributed by atoms with E-state index in [-0.39, 0.29) is 5.75 Å². The molecule has 0 radical (unpaired) electrons. The molecule has 1 aromatic carbocycles. The second-order valence-corrected chi connectivity index (χ2v) is 4.55. The standard InChI is InChI=1S/C13H15F2NO/c1-13(2,9-16)4-3-5-17-12-7-10(14)6-11(15)8-12/h6-8H,3-5H2,1-2H3. The second-order valence-electron chi connectivity index (χ2n) is 4.55. The normalized spacial score (nSPS) is 11.0. The Morgan fingerprint density at radius 3 is 2.35 bits per heavy atom. The molecule has 17 heavy (non-hydrogen) atoms. The van der Waals surface area contributed by atoms with Crippen molar-refractivity contribution in [2.24, 2.45) is 5.41 Å². The topological polar surface area (TPSA) is 33.0 Å². The molecule has 0 aliphatic carbocycles. The molecular weight excluding hydrogens is 224 g/mol. The molecule has 0 atom stereocenters. The van der Waals surface area contributed by atoms with Gasteiger partial charge in [-0.15, -0.1) is 0 Å². The van der Waals surface area contributed by atoms with Crippen LogP contribution in [0.1, 0.15) is 26.7 Å². The summed E-state index contributed by atoms with van der Waals surface area (Å²) in [5.41, 5.74) is -0.392. The molecule has 0 N–H and O–H groups in total. The van der Waals surface area contributed by atoms with Crippen LogP contribution in [-0.2, 0) is 0 Å². The van der Waals surface area contributed by atoms with E-state index in [2.05, 4.69) is 6.07 Å². The van der Waals surface area contributed by atoms with Gasteiger partial charge in [0.2, 0.25) is 0 Å². The van der Waals surface area contributed by atoms with Gasteiger partial charge >= 0.3 is 0 Å². The molecular formula is C13H15F2NO. The fourth-order valence-corrected chi connectivity index (χ4v) is 1.37. The molecule has 0 aromatic heterocycles. The lowest BCUT2D eigenvalue weighted by molar-refractivity contribution is 0.282. The first-order valence-electron chi connectivity index (χ1n) is 5.43. The Morgan fingerprint density at radius 1 is 1.24 bits per heavy atom. The van der Waals surface area contributed by atoms with Gasteiger partial charge in [0.1, 0.15) is 17.4 Å². The van der Waals surface area contributed by atoms with E-state index >= 15 is 0 Å². The lowest BCUT2D eigenvalue weighted by Gasteiger charge is -2.14. The van der Waals surface area contributed by atoms with E-state index in [0.29, 0.717) is 19.4 Å². The number of ether oxygens (including phenoxy) is 1. The van der Waals surface area contributed by atoms with Crippen LogP contribution in [0.5, 0.6) is 5.75 Å². The first kappa shape index (κ1) is 13.4. The Labute approximate surface area is 99.8 Å². The van der Waals surface area contributed by atoms with E-state index in [1.165, 1.54) is 0 Å². The Kier molecular flexibility index (Phi) is 4.45. The van der Waals surface area contributed by atoms with Crippen LogP contribution >= 0.6 is 0 Å². The highest BCUT2D eigenvalue weighted by Crippen LogP contribution is 2.21. The largest absolute Gasteiger partial charge is 0.493 e. The molecule has 0 saturated carbocycles. The molecule has 1 aromatic rings. The summed E-state index contributed by atoms with van der Waals surface area (Å²) in [7, 11) is 0. The van der Waals surface area contributed by atoms with Gasteiger partial charge in [-0.1, -0.05) is 0 Å². The van der Waals surface area contributed by atoms with Gasteiger partial charge in [-0.3, -0.25) is 0 Å². The number of hydrogen-bond acceptors (Lipinski definition) is 2. The van der Waals surface area contributed by atoms with Gasteiger partial charge in [0, 0.05) is 18.2 Å². The minimum Gasteiger partial charge on any atom is -0.493 e. The van der Waals surface area contributed by atoms with Crippen molar-refractivity contribution in [3.63, 3.8) is 0 Å². The number of nitriles is 1. The number of benzene rings is 1. The van der Waals surface area contributed by atoms with Crippen LogP contribution in [0.4, 0.5) is 8.78 Å². The highest BCUT2D eigenvalue weighted by molar-refractivity contribution is 5.23. The highest BCUT2D eigenvalue weighted by atomic mass is 19.1. The fraction of sp³-hybridized carbons (Fsp3) is 0.462. The molecule has 4 heteroatoms. The molecule has 2 nitrogen and oxygen atoms in total. The maximum absolute atomic E-state index is 12.8. The zero-order valence-corrected chi connectivity index (χ0v) is 9.96. The first-order chi connectivity index (χ1) is 7.93. The second kappa shape index (κ2) is 5.62. The average Bonchev–Trinajstić information content (AvgIpc) is 2.23. The van der Waals surface area contributed by atoms with Gasteiger partial charge in [0.15, 0.2) is 0 Å². The Hall–Kier alpha value is -1.63. The van der Waals surface area contributed by atoms with E-state index in [9.17, 15) is 8.78 Å². The van der Waals surface area contributed by atoms with Crippen LogP contribution in [0.2, 0.25) is 0 Å². The van der Waals surface area contributed by atoms with Gasteiger partial charge in [-0.2, -0.15) is 5.26 Å². The van der Waals surface area contributed by atoms with Crippen LogP contribution in [-0.4, -0.2) is 6.61 Å². The van der Waals surface area contributed by atoms with Crippen molar-refractivity contribution in [3.8, 4) is 11.8 Å². The summed E-state index contributed by atoms with van der Waals surface area (Å²) in [5.74, 6) is -1.13. The van der Waals surface area contributed by atoms with E-state index in [1.54, 1.807) is 0 Å². The van der Waals surface area contributed by atoms with Crippen LogP contribution in [0.25, 0.3) is 0 Å². The Morgan fingerprint density at radius 2 is 1.82 bits per heavy atom. The van der Waals surface area contributed by atoms with Crippen molar-refractivity contribution in [2.45, 2.75) is 26.7 Å².